The number of piperidine rings is 1. The first-order valence-corrected chi connectivity index (χ1v) is 6.92. The number of ether oxygens (including phenoxy) is 2. The highest BCUT2D eigenvalue weighted by atomic mass is 35.5. The summed E-state index contributed by atoms with van der Waals surface area (Å²) >= 11 is 6.25. The third-order valence-electron chi connectivity index (χ3n) is 3.92. The van der Waals surface area contributed by atoms with Crippen LogP contribution in [0.3, 0.4) is 0 Å². The predicted molar refractivity (Wildman–Crippen MR) is 71.6 cm³/mol. The molecule has 1 saturated heterocycles. The summed E-state index contributed by atoms with van der Waals surface area (Å²) in [5, 5.41) is 4.08. The largest absolute Gasteiger partial charge is 0.453 e. The maximum absolute atomic E-state index is 6.25. The number of fused-ring (bicyclic) bond motifs is 1. The number of hydrogen-bond donors (Lipinski definition) is 1. The Bertz CT molecular complexity index is 456. The molecule has 0 atom stereocenters. The monoisotopic (exact) mass is 267 g/mol. The number of nitrogens with one attached hydrogen (secondary N) is 1. The predicted octanol–water partition coefficient (Wildman–Crippen LogP) is 2.92. The van der Waals surface area contributed by atoms with E-state index in [1.807, 2.05) is 6.07 Å². The van der Waals surface area contributed by atoms with E-state index in [-0.39, 0.29) is 6.79 Å². The van der Waals surface area contributed by atoms with Crippen LogP contribution in [0.1, 0.15) is 24.0 Å². The lowest BCUT2D eigenvalue weighted by molar-refractivity contribution is 0.173. The molecule has 2 heterocycles. The summed E-state index contributed by atoms with van der Waals surface area (Å²) < 4.78 is 10.9. The van der Waals surface area contributed by atoms with Gasteiger partial charge in [-0.25, -0.2) is 0 Å². The smallest absolute Gasteiger partial charge is 0.231 e. The molecule has 18 heavy (non-hydrogen) atoms. The summed E-state index contributed by atoms with van der Waals surface area (Å²) in [6.45, 7) is 4.64. The zero-order valence-electron chi connectivity index (χ0n) is 10.6. The molecule has 0 saturated carbocycles. The van der Waals surface area contributed by atoms with E-state index >= 15 is 0 Å². The molecule has 4 heteroatoms. The molecule has 3 rings (SSSR count). The van der Waals surface area contributed by atoms with Gasteiger partial charge in [0.15, 0.2) is 11.5 Å². The van der Waals surface area contributed by atoms with Gasteiger partial charge in [-0.15, -0.1) is 0 Å². The molecule has 1 fully saturated rings. The third-order valence-corrected chi connectivity index (χ3v) is 4.20. The zero-order chi connectivity index (χ0) is 12.5. The van der Waals surface area contributed by atoms with Gasteiger partial charge in [-0.05, 0) is 62.4 Å². The fourth-order valence-corrected chi connectivity index (χ4v) is 3.09. The second kappa shape index (κ2) is 4.98. The zero-order valence-corrected chi connectivity index (χ0v) is 11.3. The van der Waals surface area contributed by atoms with Gasteiger partial charge in [-0.2, -0.15) is 0 Å². The molecular weight excluding hydrogens is 250 g/mol. The lowest BCUT2D eigenvalue weighted by atomic mass is 9.89. The average molecular weight is 268 g/mol. The topological polar surface area (TPSA) is 30.5 Å². The molecule has 1 N–H and O–H groups in total. The van der Waals surface area contributed by atoms with Crippen molar-refractivity contribution in [3.63, 3.8) is 0 Å². The molecular formula is C14H18ClNO2. The van der Waals surface area contributed by atoms with E-state index in [2.05, 4.69) is 12.2 Å². The van der Waals surface area contributed by atoms with Crippen LogP contribution in [0.25, 0.3) is 0 Å². The van der Waals surface area contributed by atoms with Crippen LogP contribution in [-0.2, 0) is 6.42 Å². The molecule has 1 aromatic carbocycles. The highest BCUT2D eigenvalue weighted by molar-refractivity contribution is 6.32. The fourth-order valence-electron chi connectivity index (χ4n) is 2.82. The quantitative estimate of drug-likeness (QED) is 0.894. The minimum Gasteiger partial charge on any atom is -0.453 e. The number of halogens is 1. The van der Waals surface area contributed by atoms with Gasteiger partial charge < -0.3 is 14.8 Å². The molecule has 2 aliphatic heterocycles. The maximum atomic E-state index is 6.25. The van der Waals surface area contributed by atoms with Crippen molar-refractivity contribution in [1.82, 2.24) is 5.32 Å². The van der Waals surface area contributed by atoms with Crippen molar-refractivity contribution in [2.45, 2.75) is 26.2 Å². The van der Waals surface area contributed by atoms with Crippen molar-refractivity contribution in [3.05, 3.63) is 22.2 Å². The molecule has 0 radical (unpaired) electrons. The minimum atomic E-state index is 0.284. The molecule has 2 aliphatic rings. The van der Waals surface area contributed by atoms with E-state index in [9.17, 15) is 0 Å². The van der Waals surface area contributed by atoms with Crippen LogP contribution in [0, 0.1) is 12.8 Å². The summed E-state index contributed by atoms with van der Waals surface area (Å²) in [4.78, 5) is 0. The van der Waals surface area contributed by atoms with Crippen molar-refractivity contribution < 1.29 is 9.47 Å². The van der Waals surface area contributed by atoms with Crippen LogP contribution >= 0.6 is 11.6 Å². The molecule has 1 aromatic rings. The van der Waals surface area contributed by atoms with E-state index in [1.54, 1.807) is 0 Å². The van der Waals surface area contributed by atoms with Crippen molar-refractivity contribution >= 4 is 11.6 Å². The number of rotatable bonds is 2. The SMILES string of the molecule is Cc1c(CC2CCNCC2)cc(Cl)c2c1OCO2. The Morgan fingerprint density at radius 3 is 2.78 bits per heavy atom. The minimum absolute atomic E-state index is 0.284. The number of benzene rings is 1. The second-order valence-corrected chi connectivity index (χ2v) is 5.51. The Hall–Kier alpha value is -0.930. The Labute approximate surface area is 112 Å². The molecule has 0 bridgehead atoms. The molecule has 0 amide bonds. The van der Waals surface area contributed by atoms with Gasteiger partial charge in [-0.1, -0.05) is 11.6 Å². The van der Waals surface area contributed by atoms with Crippen LogP contribution in [0.2, 0.25) is 5.02 Å². The van der Waals surface area contributed by atoms with Gasteiger partial charge in [0.05, 0.1) is 5.02 Å². The van der Waals surface area contributed by atoms with E-state index in [0.717, 1.165) is 31.2 Å². The van der Waals surface area contributed by atoms with Gasteiger partial charge in [0.25, 0.3) is 0 Å². The Balaban J connectivity index is 1.85. The lowest BCUT2D eigenvalue weighted by Gasteiger charge is -2.23. The van der Waals surface area contributed by atoms with Crippen molar-refractivity contribution in [2.24, 2.45) is 5.92 Å². The average Bonchev–Trinajstić information content (AvgIpc) is 2.87. The summed E-state index contributed by atoms with van der Waals surface area (Å²) in [7, 11) is 0. The van der Waals surface area contributed by atoms with Gasteiger partial charge >= 0.3 is 0 Å². The van der Waals surface area contributed by atoms with Gasteiger partial charge in [0.2, 0.25) is 6.79 Å². The fraction of sp³-hybridized carbons (Fsp3) is 0.571. The third kappa shape index (κ3) is 2.17. The second-order valence-electron chi connectivity index (χ2n) is 5.10. The Morgan fingerprint density at radius 1 is 1.28 bits per heavy atom. The normalized spacial score (nSPS) is 19.2. The summed E-state index contributed by atoms with van der Waals surface area (Å²) in [6, 6.07) is 2.05. The van der Waals surface area contributed by atoms with Crippen LogP contribution in [0.15, 0.2) is 6.07 Å². The standard InChI is InChI=1S/C14H18ClNO2/c1-9-11(6-10-2-4-16-5-3-10)7-12(15)14-13(9)17-8-18-14/h7,10,16H,2-6,8H2,1H3. The number of hydrogen-bond acceptors (Lipinski definition) is 3. The van der Waals surface area contributed by atoms with Crippen LogP contribution < -0.4 is 14.8 Å². The van der Waals surface area contributed by atoms with Crippen LogP contribution in [0.5, 0.6) is 11.5 Å². The first-order valence-electron chi connectivity index (χ1n) is 6.54. The molecule has 0 aromatic heterocycles. The van der Waals surface area contributed by atoms with E-state index in [0.29, 0.717) is 10.8 Å². The van der Waals surface area contributed by atoms with Crippen molar-refractivity contribution in [2.75, 3.05) is 19.9 Å². The lowest BCUT2D eigenvalue weighted by Crippen LogP contribution is -2.28. The summed E-state index contributed by atoms with van der Waals surface area (Å²) in [5.41, 5.74) is 2.49. The Kier molecular flexibility index (Phi) is 3.35. The molecule has 0 aliphatic carbocycles. The summed E-state index contributed by atoms with van der Waals surface area (Å²) in [5.74, 6) is 2.30. The highest BCUT2D eigenvalue weighted by Gasteiger charge is 2.24. The van der Waals surface area contributed by atoms with Gasteiger partial charge in [0, 0.05) is 0 Å². The van der Waals surface area contributed by atoms with Crippen molar-refractivity contribution in [1.29, 1.82) is 0 Å². The van der Waals surface area contributed by atoms with Gasteiger partial charge in [-0.3, -0.25) is 0 Å². The molecule has 98 valence electrons. The van der Waals surface area contributed by atoms with Crippen LogP contribution in [-0.4, -0.2) is 19.9 Å². The van der Waals surface area contributed by atoms with E-state index in [1.165, 1.54) is 24.0 Å². The molecule has 3 nitrogen and oxygen atoms in total. The van der Waals surface area contributed by atoms with E-state index < -0.39 is 0 Å². The van der Waals surface area contributed by atoms with Crippen molar-refractivity contribution in [3.8, 4) is 11.5 Å². The first kappa shape index (κ1) is 12.1. The van der Waals surface area contributed by atoms with E-state index in [4.69, 9.17) is 21.1 Å². The van der Waals surface area contributed by atoms with Crippen LogP contribution in [0.4, 0.5) is 0 Å². The Morgan fingerprint density at radius 2 is 2.00 bits per heavy atom. The first-order chi connectivity index (χ1) is 8.75. The molecule has 0 unspecified atom stereocenters. The van der Waals surface area contributed by atoms with Gasteiger partial charge in [0.1, 0.15) is 0 Å². The maximum Gasteiger partial charge on any atom is 0.231 e. The highest BCUT2D eigenvalue weighted by Crippen LogP contribution is 2.43. The molecule has 0 spiro atoms. The summed E-state index contributed by atoms with van der Waals surface area (Å²) in [6.07, 6.45) is 3.57.